The van der Waals surface area contributed by atoms with Crippen molar-refractivity contribution in [1.82, 2.24) is 14.3 Å². The van der Waals surface area contributed by atoms with Gasteiger partial charge in [-0.05, 0) is 23.8 Å². The van der Waals surface area contributed by atoms with Gasteiger partial charge in [-0.1, -0.05) is 29.4 Å². The summed E-state index contributed by atoms with van der Waals surface area (Å²) in [7, 11) is 0. The highest BCUT2D eigenvalue weighted by atomic mass is 79.9. The minimum Gasteiger partial charge on any atom is -0.327 e. The topological polar surface area (TPSA) is 65.8 Å². The van der Waals surface area contributed by atoms with E-state index in [9.17, 15) is 9.18 Å². The lowest BCUT2D eigenvalue weighted by molar-refractivity contribution is 0.612. The third-order valence-electron chi connectivity index (χ3n) is 2.59. The number of rotatable bonds is 4. The van der Waals surface area contributed by atoms with Crippen molar-refractivity contribution in [3.63, 3.8) is 0 Å². The van der Waals surface area contributed by atoms with Crippen LogP contribution in [0.2, 0.25) is 0 Å². The van der Waals surface area contributed by atoms with E-state index in [1.807, 2.05) is 12.1 Å². The molecular formula is C13H17BrClFN4O. The molecule has 0 spiro atoms. The molecule has 1 aromatic heterocycles. The highest BCUT2D eigenvalue weighted by Crippen LogP contribution is 2.13. The van der Waals surface area contributed by atoms with Crippen molar-refractivity contribution in [2.75, 3.05) is 6.54 Å². The van der Waals surface area contributed by atoms with Gasteiger partial charge in [0.25, 0.3) is 0 Å². The molecule has 0 unspecified atom stereocenters. The van der Waals surface area contributed by atoms with Gasteiger partial charge in [-0.15, -0.1) is 12.4 Å². The molecule has 2 rings (SSSR count). The maximum absolute atomic E-state index is 12.5. The number of nitrogens with two attached hydrogens (primary N) is 1. The van der Waals surface area contributed by atoms with E-state index in [0.717, 1.165) is 4.47 Å². The van der Waals surface area contributed by atoms with Gasteiger partial charge in [0, 0.05) is 11.0 Å². The van der Waals surface area contributed by atoms with Crippen LogP contribution in [0.5, 0.6) is 0 Å². The van der Waals surface area contributed by atoms with Crippen LogP contribution in [0.1, 0.15) is 7.43 Å². The van der Waals surface area contributed by atoms with Gasteiger partial charge in [0.2, 0.25) is 0 Å². The Hall–Kier alpha value is -1.44. The van der Waals surface area contributed by atoms with Gasteiger partial charge in [-0.3, -0.25) is 0 Å². The van der Waals surface area contributed by atoms with Gasteiger partial charge < -0.3 is 5.73 Å². The van der Waals surface area contributed by atoms with Crippen molar-refractivity contribution in [3.05, 3.63) is 57.5 Å². The molecule has 2 N–H and O–H groups in total. The number of hydrogen-bond acceptors (Lipinski definition) is 3. The highest BCUT2D eigenvalue weighted by molar-refractivity contribution is 9.10. The van der Waals surface area contributed by atoms with Crippen molar-refractivity contribution < 1.29 is 4.39 Å². The van der Waals surface area contributed by atoms with Gasteiger partial charge >= 0.3 is 5.69 Å². The minimum atomic E-state index is -0.342. The quantitative estimate of drug-likeness (QED) is 0.888. The highest BCUT2D eigenvalue weighted by Gasteiger charge is 2.08. The third kappa shape index (κ3) is 4.52. The van der Waals surface area contributed by atoms with Crippen LogP contribution in [-0.4, -0.2) is 20.9 Å². The predicted molar refractivity (Wildman–Crippen MR) is 87.7 cm³/mol. The predicted octanol–water partition coefficient (Wildman–Crippen LogP) is 2.67. The molecule has 0 fully saturated rings. The number of halogens is 3. The standard InChI is InChI=1S/C12H12BrFN4O.CH4.ClH/c13-10-2-1-3-11(4-10)17-8-16-18(12(17)19)7-9(5-14)6-15;;/h1-5,8H,6-7,15H2;1H4;1H/b9-5-;;. The van der Waals surface area contributed by atoms with Gasteiger partial charge in [0.15, 0.2) is 0 Å². The average Bonchev–Trinajstić information content (AvgIpc) is 2.77. The molecular weight excluding hydrogens is 363 g/mol. The van der Waals surface area contributed by atoms with Crippen molar-refractivity contribution in [2.24, 2.45) is 5.73 Å². The van der Waals surface area contributed by atoms with E-state index in [4.69, 9.17) is 5.73 Å². The fourth-order valence-corrected chi connectivity index (χ4v) is 1.97. The Morgan fingerprint density at radius 1 is 1.48 bits per heavy atom. The van der Waals surface area contributed by atoms with Crippen LogP contribution in [0, 0.1) is 0 Å². The van der Waals surface area contributed by atoms with E-state index in [0.29, 0.717) is 17.6 Å². The molecule has 0 saturated carbocycles. The molecule has 0 aliphatic heterocycles. The van der Waals surface area contributed by atoms with Crippen LogP contribution in [0.25, 0.3) is 5.69 Å². The van der Waals surface area contributed by atoms with Crippen LogP contribution in [-0.2, 0) is 6.54 Å². The Bertz CT molecular complexity index is 668. The summed E-state index contributed by atoms with van der Waals surface area (Å²) in [5, 5.41) is 3.95. The van der Waals surface area contributed by atoms with Gasteiger partial charge in [-0.2, -0.15) is 5.10 Å². The monoisotopic (exact) mass is 378 g/mol. The van der Waals surface area contributed by atoms with Crippen LogP contribution in [0.4, 0.5) is 4.39 Å². The van der Waals surface area contributed by atoms with Crippen LogP contribution >= 0.6 is 28.3 Å². The molecule has 0 aliphatic rings. The third-order valence-corrected chi connectivity index (χ3v) is 3.08. The minimum absolute atomic E-state index is 0. The Balaban J connectivity index is 0.00000200. The number of benzene rings is 1. The van der Waals surface area contributed by atoms with E-state index >= 15 is 0 Å². The van der Waals surface area contributed by atoms with Crippen molar-refractivity contribution in [2.45, 2.75) is 14.0 Å². The number of aromatic nitrogens is 3. The summed E-state index contributed by atoms with van der Waals surface area (Å²) in [6.07, 6.45) is 1.81. The Kier molecular flexibility index (Phi) is 8.16. The molecule has 0 aliphatic carbocycles. The van der Waals surface area contributed by atoms with Crippen LogP contribution in [0.15, 0.2) is 51.8 Å². The largest absolute Gasteiger partial charge is 0.350 e. The molecule has 116 valence electrons. The second kappa shape index (κ2) is 8.76. The summed E-state index contributed by atoms with van der Waals surface area (Å²) in [6.45, 7) is 0.0967. The molecule has 0 saturated heterocycles. The molecule has 0 radical (unpaired) electrons. The van der Waals surface area contributed by atoms with Crippen molar-refractivity contribution in [3.8, 4) is 5.69 Å². The molecule has 21 heavy (non-hydrogen) atoms. The first-order valence-corrected chi connectivity index (χ1v) is 6.33. The summed E-state index contributed by atoms with van der Waals surface area (Å²) in [6, 6.07) is 7.25. The lowest BCUT2D eigenvalue weighted by atomic mass is 10.3. The summed E-state index contributed by atoms with van der Waals surface area (Å²) in [4.78, 5) is 12.1. The molecule has 0 amide bonds. The number of hydrogen-bond donors (Lipinski definition) is 1. The summed E-state index contributed by atoms with van der Waals surface area (Å²) in [5.41, 5.74) is 6.00. The Morgan fingerprint density at radius 2 is 2.19 bits per heavy atom. The summed E-state index contributed by atoms with van der Waals surface area (Å²) in [5.74, 6) is 0. The summed E-state index contributed by atoms with van der Waals surface area (Å²) >= 11 is 3.34. The first-order valence-electron chi connectivity index (χ1n) is 5.54. The molecule has 1 aromatic carbocycles. The average molecular weight is 380 g/mol. The maximum Gasteiger partial charge on any atom is 0.350 e. The zero-order valence-corrected chi connectivity index (χ0v) is 12.8. The molecule has 8 heteroatoms. The van der Waals surface area contributed by atoms with E-state index in [-0.39, 0.29) is 38.6 Å². The zero-order chi connectivity index (χ0) is 13.8. The van der Waals surface area contributed by atoms with Gasteiger partial charge in [0.1, 0.15) is 6.33 Å². The fourth-order valence-electron chi connectivity index (χ4n) is 1.58. The molecule has 5 nitrogen and oxygen atoms in total. The fraction of sp³-hybridized carbons (Fsp3) is 0.231. The maximum atomic E-state index is 12.5. The van der Waals surface area contributed by atoms with Crippen molar-refractivity contribution >= 4 is 28.3 Å². The van der Waals surface area contributed by atoms with Gasteiger partial charge in [-0.25, -0.2) is 18.4 Å². The molecule has 0 atom stereocenters. The molecule has 2 aromatic rings. The normalized spacial score (nSPS) is 10.7. The lowest BCUT2D eigenvalue weighted by Gasteiger charge is -2.02. The summed E-state index contributed by atoms with van der Waals surface area (Å²) < 4.78 is 15.9. The molecule has 0 bridgehead atoms. The SMILES string of the molecule is C.Cl.NC/C(=C/F)Cn1ncn(-c2cccc(Br)c2)c1=O. The van der Waals surface area contributed by atoms with Crippen LogP contribution in [0.3, 0.4) is 0 Å². The van der Waals surface area contributed by atoms with E-state index < -0.39 is 0 Å². The Labute approximate surface area is 136 Å². The smallest absolute Gasteiger partial charge is 0.327 e. The zero-order valence-electron chi connectivity index (χ0n) is 10.4. The Morgan fingerprint density at radius 3 is 2.76 bits per heavy atom. The number of nitrogens with zero attached hydrogens (tertiary/aromatic N) is 3. The second-order valence-electron chi connectivity index (χ2n) is 3.89. The second-order valence-corrected chi connectivity index (χ2v) is 4.81. The lowest BCUT2D eigenvalue weighted by Crippen LogP contribution is -2.25. The van der Waals surface area contributed by atoms with Crippen LogP contribution < -0.4 is 11.4 Å². The van der Waals surface area contributed by atoms with E-state index in [2.05, 4.69) is 21.0 Å². The first-order chi connectivity index (χ1) is 9.15. The van der Waals surface area contributed by atoms with Crippen molar-refractivity contribution in [1.29, 1.82) is 0 Å². The van der Waals surface area contributed by atoms with E-state index in [1.165, 1.54) is 15.6 Å². The van der Waals surface area contributed by atoms with E-state index in [1.54, 1.807) is 12.1 Å². The molecule has 1 heterocycles. The first kappa shape index (κ1) is 19.6. The van der Waals surface area contributed by atoms with Gasteiger partial charge in [0.05, 0.1) is 18.6 Å².